The number of carbonyl (C=O) groups is 1. The van der Waals surface area contributed by atoms with Gasteiger partial charge in [0.05, 0.1) is 0 Å². The summed E-state index contributed by atoms with van der Waals surface area (Å²) >= 11 is 0. The molecule has 0 spiro atoms. The van der Waals surface area contributed by atoms with Crippen LogP contribution in [0.3, 0.4) is 0 Å². The van der Waals surface area contributed by atoms with E-state index in [-0.39, 0.29) is 11.7 Å². The van der Waals surface area contributed by atoms with Gasteiger partial charge in [0.15, 0.2) is 0 Å². The van der Waals surface area contributed by atoms with Gasteiger partial charge in [0.1, 0.15) is 11.3 Å². The zero-order valence-corrected chi connectivity index (χ0v) is 8.40. The number of carboxylic acids is 1. The monoisotopic (exact) mass is 207 g/mol. The molecule has 1 aliphatic rings. The smallest absolute Gasteiger partial charge is 0.324 e. The van der Waals surface area contributed by atoms with Crippen LogP contribution in [0.5, 0.6) is 5.75 Å². The van der Waals surface area contributed by atoms with Crippen LogP contribution < -0.4 is 5.73 Å². The fraction of sp³-hybridized carbons (Fsp3) is 0.364. The highest BCUT2D eigenvalue weighted by molar-refractivity contribution is 5.85. The number of hydrogen-bond donors (Lipinski definition) is 3. The van der Waals surface area contributed by atoms with E-state index in [9.17, 15) is 9.90 Å². The van der Waals surface area contributed by atoms with Crippen molar-refractivity contribution < 1.29 is 15.0 Å². The van der Waals surface area contributed by atoms with E-state index in [0.29, 0.717) is 6.42 Å². The van der Waals surface area contributed by atoms with Crippen molar-refractivity contribution in [2.24, 2.45) is 5.73 Å². The van der Waals surface area contributed by atoms with E-state index < -0.39 is 11.5 Å². The maximum absolute atomic E-state index is 10.8. The van der Waals surface area contributed by atoms with E-state index in [0.717, 1.165) is 11.1 Å². The third-order valence-corrected chi connectivity index (χ3v) is 3.04. The molecule has 0 aromatic heterocycles. The van der Waals surface area contributed by atoms with Gasteiger partial charge in [-0.25, -0.2) is 0 Å². The molecule has 1 unspecified atom stereocenters. The van der Waals surface area contributed by atoms with Crippen LogP contribution >= 0.6 is 0 Å². The highest BCUT2D eigenvalue weighted by atomic mass is 16.4. The number of hydrogen-bond acceptors (Lipinski definition) is 3. The third-order valence-electron chi connectivity index (χ3n) is 3.04. The van der Waals surface area contributed by atoms with E-state index in [2.05, 4.69) is 0 Å². The van der Waals surface area contributed by atoms with Crippen LogP contribution in [0.15, 0.2) is 18.2 Å². The molecule has 15 heavy (non-hydrogen) atoms. The maximum atomic E-state index is 10.8. The average molecular weight is 207 g/mol. The first kappa shape index (κ1) is 9.98. The number of phenolic OH excluding ortho intramolecular Hbond substituents is 1. The summed E-state index contributed by atoms with van der Waals surface area (Å²) in [6.45, 7) is 1.79. The molecular formula is C11H13NO3. The summed E-state index contributed by atoms with van der Waals surface area (Å²) in [4.78, 5) is 10.8. The fourth-order valence-corrected chi connectivity index (χ4v) is 1.77. The van der Waals surface area contributed by atoms with Gasteiger partial charge in [-0.05, 0) is 30.5 Å². The first-order valence-electron chi connectivity index (χ1n) is 4.77. The Bertz CT molecular complexity index is 430. The molecule has 0 amide bonds. The Morgan fingerprint density at radius 2 is 2.27 bits per heavy atom. The fourth-order valence-electron chi connectivity index (χ4n) is 1.77. The van der Waals surface area contributed by atoms with Gasteiger partial charge in [-0.3, -0.25) is 4.79 Å². The molecule has 2 atom stereocenters. The van der Waals surface area contributed by atoms with Gasteiger partial charge in [0, 0.05) is 5.92 Å². The largest absolute Gasteiger partial charge is 0.508 e. The van der Waals surface area contributed by atoms with E-state index >= 15 is 0 Å². The SMILES string of the molecule is Cc1ccc([C@@H]2CC2(N)C(=O)O)cc1O. The van der Waals surface area contributed by atoms with Crippen molar-refractivity contribution in [2.75, 3.05) is 0 Å². The summed E-state index contributed by atoms with van der Waals surface area (Å²) in [5.41, 5.74) is 6.11. The molecule has 80 valence electrons. The predicted octanol–water partition coefficient (Wildman–Crippen LogP) is 0.970. The van der Waals surface area contributed by atoms with Crippen LogP contribution in [0, 0.1) is 6.92 Å². The summed E-state index contributed by atoms with van der Waals surface area (Å²) in [7, 11) is 0. The molecule has 0 heterocycles. The summed E-state index contributed by atoms with van der Waals surface area (Å²) in [5, 5.41) is 18.4. The molecule has 4 nitrogen and oxygen atoms in total. The number of phenols is 1. The van der Waals surface area contributed by atoms with Gasteiger partial charge in [-0.15, -0.1) is 0 Å². The van der Waals surface area contributed by atoms with Crippen molar-refractivity contribution in [3.05, 3.63) is 29.3 Å². The number of aromatic hydroxyl groups is 1. The Kier molecular flexibility index (Phi) is 1.98. The molecular weight excluding hydrogens is 194 g/mol. The van der Waals surface area contributed by atoms with Crippen LogP contribution in [-0.2, 0) is 4.79 Å². The van der Waals surface area contributed by atoms with Crippen molar-refractivity contribution in [1.82, 2.24) is 0 Å². The molecule has 4 heteroatoms. The number of rotatable bonds is 2. The van der Waals surface area contributed by atoms with Crippen LogP contribution in [0.25, 0.3) is 0 Å². The van der Waals surface area contributed by atoms with Crippen molar-refractivity contribution in [3.8, 4) is 5.75 Å². The van der Waals surface area contributed by atoms with Gasteiger partial charge in [-0.2, -0.15) is 0 Å². The molecule has 0 aliphatic heterocycles. The standard InChI is InChI=1S/C11H13NO3/c1-6-2-3-7(4-9(6)13)8-5-11(8,12)10(14)15/h2-4,8,13H,5,12H2,1H3,(H,14,15)/t8-,11?/m0/s1. The second-order valence-electron chi connectivity index (χ2n) is 4.15. The minimum absolute atomic E-state index is 0.179. The molecule has 1 aromatic rings. The van der Waals surface area contributed by atoms with Crippen molar-refractivity contribution in [1.29, 1.82) is 0 Å². The van der Waals surface area contributed by atoms with E-state index in [1.54, 1.807) is 19.1 Å². The summed E-state index contributed by atoms with van der Waals surface area (Å²) in [6, 6.07) is 5.18. The van der Waals surface area contributed by atoms with Gasteiger partial charge in [0.25, 0.3) is 0 Å². The Balaban J connectivity index is 2.27. The molecule has 0 saturated heterocycles. The van der Waals surface area contributed by atoms with Gasteiger partial charge in [-0.1, -0.05) is 12.1 Å². The normalized spacial score (nSPS) is 28.8. The molecule has 4 N–H and O–H groups in total. The molecule has 1 aromatic carbocycles. The van der Waals surface area contributed by atoms with Crippen LogP contribution in [-0.4, -0.2) is 21.7 Å². The topological polar surface area (TPSA) is 83.6 Å². The lowest BCUT2D eigenvalue weighted by Crippen LogP contribution is -2.34. The molecule has 1 saturated carbocycles. The number of aryl methyl sites for hydroxylation is 1. The zero-order valence-electron chi connectivity index (χ0n) is 8.40. The first-order valence-corrected chi connectivity index (χ1v) is 4.77. The summed E-state index contributed by atoms with van der Waals surface area (Å²) in [6.07, 6.45) is 0.435. The molecule has 0 bridgehead atoms. The van der Waals surface area contributed by atoms with Crippen LogP contribution in [0.2, 0.25) is 0 Å². The minimum atomic E-state index is -1.14. The van der Waals surface area contributed by atoms with Gasteiger partial charge >= 0.3 is 5.97 Å². The highest BCUT2D eigenvalue weighted by Gasteiger charge is 2.58. The average Bonchev–Trinajstić information content (AvgIpc) is 2.85. The van der Waals surface area contributed by atoms with Gasteiger partial charge in [0.2, 0.25) is 0 Å². The lowest BCUT2D eigenvalue weighted by molar-refractivity contribution is -0.139. The Labute approximate surface area is 87.3 Å². The second-order valence-corrected chi connectivity index (χ2v) is 4.15. The quantitative estimate of drug-likeness (QED) is 0.674. The van der Waals surface area contributed by atoms with E-state index in [1.165, 1.54) is 0 Å². The number of carboxylic acid groups (broad SMARTS) is 1. The van der Waals surface area contributed by atoms with E-state index in [4.69, 9.17) is 10.8 Å². The van der Waals surface area contributed by atoms with Crippen LogP contribution in [0.4, 0.5) is 0 Å². The van der Waals surface area contributed by atoms with Crippen molar-refractivity contribution in [3.63, 3.8) is 0 Å². The highest BCUT2D eigenvalue weighted by Crippen LogP contribution is 2.50. The lowest BCUT2D eigenvalue weighted by atomic mass is 10.0. The Morgan fingerprint density at radius 1 is 1.60 bits per heavy atom. The van der Waals surface area contributed by atoms with Gasteiger partial charge < -0.3 is 15.9 Å². The molecule has 0 radical (unpaired) electrons. The Hall–Kier alpha value is -1.55. The third kappa shape index (κ3) is 1.47. The zero-order chi connectivity index (χ0) is 11.2. The first-order chi connectivity index (χ1) is 6.95. The lowest BCUT2D eigenvalue weighted by Gasteiger charge is -2.06. The van der Waals surface area contributed by atoms with Crippen molar-refractivity contribution in [2.45, 2.75) is 24.8 Å². The minimum Gasteiger partial charge on any atom is -0.508 e. The predicted molar refractivity (Wildman–Crippen MR) is 54.8 cm³/mol. The molecule has 1 fully saturated rings. The van der Waals surface area contributed by atoms with E-state index in [1.807, 2.05) is 6.07 Å². The van der Waals surface area contributed by atoms with Crippen LogP contribution in [0.1, 0.15) is 23.5 Å². The summed E-state index contributed by atoms with van der Waals surface area (Å²) < 4.78 is 0. The number of benzene rings is 1. The molecule has 1 aliphatic carbocycles. The second kappa shape index (κ2) is 2.97. The maximum Gasteiger partial charge on any atom is 0.324 e. The molecule has 2 rings (SSSR count). The number of aliphatic carboxylic acids is 1. The number of nitrogens with two attached hydrogens (primary N) is 1. The van der Waals surface area contributed by atoms with Crippen molar-refractivity contribution >= 4 is 5.97 Å². The Morgan fingerprint density at radius 3 is 2.73 bits per heavy atom. The summed E-state index contributed by atoms with van der Waals surface area (Å²) in [5.74, 6) is -0.971.